The molecule has 0 unspecified atom stereocenters. The fourth-order valence-electron chi connectivity index (χ4n) is 1.70. The molecule has 8 heteroatoms. The molecule has 0 radical (unpaired) electrons. The summed E-state index contributed by atoms with van der Waals surface area (Å²) in [5, 5.41) is 2.53. The van der Waals surface area contributed by atoms with Crippen LogP contribution in [0.15, 0.2) is 47.3 Å². The third-order valence-corrected chi connectivity index (χ3v) is 4.33. The van der Waals surface area contributed by atoms with E-state index in [2.05, 4.69) is 19.9 Å². The van der Waals surface area contributed by atoms with Gasteiger partial charge in [0.25, 0.3) is 0 Å². The molecule has 0 aliphatic carbocycles. The minimum absolute atomic E-state index is 0.191. The van der Waals surface area contributed by atoms with Crippen LogP contribution in [0.3, 0.4) is 0 Å². The maximum absolute atomic E-state index is 11.5. The Bertz CT molecular complexity index is 859. The van der Waals surface area contributed by atoms with Crippen molar-refractivity contribution in [2.45, 2.75) is 5.16 Å². The van der Waals surface area contributed by atoms with Gasteiger partial charge in [0.05, 0.1) is 11.4 Å². The van der Waals surface area contributed by atoms with Crippen molar-refractivity contribution in [2.75, 3.05) is 6.26 Å². The fraction of sp³-hybridized carbons (Fsp3) is 0.0769. The van der Waals surface area contributed by atoms with Gasteiger partial charge in [-0.3, -0.25) is 4.98 Å². The second kappa shape index (κ2) is 5.30. The van der Waals surface area contributed by atoms with Crippen molar-refractivity contribution in [1.82, 2.24) is 19.9 Å². The highest BCUT2D eigenvalue weighted by Crippen LogP contribution is 2.22. The average molecular weight is 318 g/mol. The molecular weight excluding hydrogens is 308 g/mol. The number of nitrogens with zero attached hydrogens (tertiary/aromatic N) is 4. The van der Waals surface area contributed by atoms with Gasteiger partial charge in [0.15, 0.2) is 0 Å². The number of hydrogen-bond acceptors (Lipinski definition) is 7. The highest BCUT2D eigenvalue weighted by atomic mass is 32.2. The van der Waals surface area contributed by atoms with E-state index in [0.29, 0.717) is 5.69 Å². The lowest BCUT2D eigenvalue weighted by Crippen LogP contribution is -2.04. The van der Waals surface area contributed by atoms with E-state index in [1.165, 1.54) is 17.5 Å². The van der Waals surface area contributed by atoms with Crippen LogP contribution in [0, 0.1) is 0 Å². The van der Waals surface area contributed by atoms with E-state index in [0.717, 1.165) is 22.5 Å². The molecule has 3 heterocycles. The van der Waals surface area contributed by atoms with Gasteiger partial charge in [0, 0.05) is 35.8 Å². The van der Waals surface area contributed by atoms with Gasteiger partial charge in [-0.05, 0) is 18.2 Å². The predicted octanol–water partition coefficient (Wildman–Crippen LogP) is 2.07. The summed E-state index contributed by atoms with van der Waals surface area (Å²) < 4.78 is 23.0. The SMILES string of the molecule is CS(=O)(=O)c1nccc(-c2ccc(-c3nccs3)nc2)n1. The lowest BCUT2D eigenvalue weighted by Gasteiger charge is -2.03. The van der Waals surface area contributed by atoms with E-state index < -0.39 is 9.84 Å². The molecule has 0 saturated heterocycles. The van der Waals surface area contributed by atoms with Crippen molar-refractivity contribution >= 4 is 21.2 Å². The molecule has 0 aliphatic heterocycles. The van der Waals surface area contributed by atoms with E-state index >= 15 is 0 Å². The van der Waals surface area contributed by atoms with Crippen LogP contribution in [-0.2, 0) is 9.84 Å². The molecule has 0 fully saturated rings. The van der Waals surface area contributed by atoms with E-state index in [1.807, 2.05) is 17.5 Å². The van der Waals surface area contributed by atoms with Crippen molar-refractivity contribution in [3.63, 3.8) is 0 Å². The maximum atomic E-state index is 11.5. The van der Waals surface area contributed by atoms with Crippen molar-refractivity contribution in [3.8, 4) is 22.0 Å². The van der Waals surface area contributed by atoms with Gasteiger partial charge in [-0.2, -0.15) is 0 Å². The highest BCUT2D eigenvalue weighted by molar-refractivity contribution is 7.90. The van der Waals surface area contributed by atoms with Crippen LogP contribution in [0.4, 0.5) is 0 Å². The van der Waals surface area contributed by atoms with E-state index in [-0.39, 0.29) is 5.16 Å². The number of rotatable bonds is 3. The summed E-state index contributed by atoms with van der Waals surface area (Å²) in [6.45, 7) is 0. The summed E-state index contributed by atoms with van der Waals surface area (Å²) >= 11 is 1.50. The van der Waals surface area contributed by atoms with Crippen molar-refractivity contribution in [1.29, 1.82) is 0 Å². The van der Waals surface area contributed by atoms with Gasteiger partial charge < -0.3 is 0 Å². The van der Waals surface area contributed by atoms with Gasteiger partial charge in [-0.1, -0.05) is 0 Å². The van der Waals surface area contributed by atoms with Gasteiger partial charge in [0.2, 0.25) is 15.0 Å². The Labute approximate surface area is 125 Å². The molecule has 0 atom stereocenters. The molecule has 0 aromatic carbocycles. The Kier molecular flexibility index (Phi) is 3.48. The first-order chi connectivity index (χ1) is 10.0. The van der Waals surface area contributed by atoms with Crippen LogP contribution in [0.2, 0.25) is 0 Å². The summed E-state index contributed by atoms with van der Waals surface area (Å²) in [4.78, 5) is 16.3. The Morgan fingerprint density at radius 1 is 1.00 bits per heavy atom. The lowest BCUT2D eigenvalue weighted by molar-refractivity contribution is 0.593. The third-order valence-electron chi connectivity index (χ3n) is 2.68. The smallest absolute Gasteiger partial charge is 0.247 e. The monoisotopic (exact) mass is 318 g/mol. The second-order valence-electron chi connectivity index (χ2n) is 4.27. The molecular formula is C13H10N4O2S2. The average Bonchev–Trinajstić information content (AvgIpc) is 3.01. The highest BCUT2D eigenvalue weighted by Gasteiger charge is 2.12. The molecule has 0 saturated carbocycles. The molecule has 3 rings (SSSR count). The van der Waals surface area contributed by atoms with Crippen LogP contribution in [0.25, 0.3) is 22.0 Å². The van der Waals surface area contributed by atoms with Crippen LogP contribution in [-0.4, -0.2) is 34.6 Å². The normalized spacial score (nSPS) is 11.5. The number of aromatic nitrogens is 4. The van der Waals surface area contributed by atoms with Gasteiger partial charge in [0.1, 0.15) is 5.01 Å². The van der Waals surface area contributed by atoms with Gasteiger partial charge in [-0.15, -0.1) is 11.3 Å². The number of sulfone groups is 1. The largest absolute Gasteiger partial charge is 0.253 e. The van der Waals surface area contributed by atoms with Crippen LogP contribution < -0.4 is 0 Å². The minimum atomic E-state index is -3.43. The Balaban J connectivity index is 1.98. The topological polar surface area (TPSA) is 85.7 Å². The second-order valence-corrected chi connectivity index (χ2v) is 7.07. The van der Waals surface area contributed by atoms with Crippen LogP contribution >= 0.6 is 11.3 Å². The van der Waals surface area contributed by atoms with Crippen molar-refractivity contribution < 1.29 is 8.42 Å². The molecule has 3 aromatic rings. The Morgan fingerprint density at radius 3 is 2.48 bits per heavy atom. The lowest BCUT2D eigenvalue weighted by atomic mass is 10.2. The number of hydrogen-bond donors (Lipinski definition) is 0. The summed E-state index contributed by atoms with van der Waals surface area (Å²) in [6, 6.07) is 5.31. The van der Waals surface area contributed by atoms with Gasteiger partial charge >= 0.3 is 0 Å². The first kappa shape index (κ1) is 13.8. The van der Waals surface area contributed by atoms with E-state index in [9.17, 15) is 8.42 Å². The predicted molar refractivity (Wildman–Crippen MR) is 79.5 cm³/mol. The molecule has 0 bridgehead atoms. The molecule has 6 nitrogen and oxygen atoms in total. The van der Waals surface area contributed by atoms with Crippen LogP contribution in [0.1, 0.15) is 0 Å². The third kappa shape index (κ3) is 2.96. The minimum Gasteiger partial charge on any atom is -0.253 e. The van der Waals surface area contributed by atoms with E-state index in [1.54, 1.807) is 18.5 Å². The molecule has 0 spiro atoms. The summed E-state index contributed by atoms with van der Waals surface area (Å²) in [7, 11) is -3.43. The zero-order chi connectivity index (χ0) is 14.9. The Hall–Kier alpha value is -2.19. The summed E-state index contributed by atoms with van der Waals surface area (Å²) in [5.74, 6) is 0. The zero-order valence-corrected chi connectivity index (χ0v) is 12.6. The summed E-state index contributed by atoms with van der Waals surface area (Å²) in [5.41, 5.74) is 2.01. The first-order valence-electron chi connectivity index (χ1n) is 5.93. The van der Waals surface area contributed by atoms with Crippen molar-refractivity contribution in [3.05, 3.63) is 42.2 Å². The zero-order valence-electron chi connectivity index (χ0n) is 11.0. The molecule has 0 amide bonds. The molecule has 3 aromatic heterocycles. The standard InChI is InChI=1S/C13H10N4O2S2/c1-21(18,19)13-15-5-4-10(17-13)9-2-3-11(16-8-9)12-14-6-7-20-12/h2-8H,1H3. The quantitative estimate of drug-likeness (QED) is 0.687. The maximum Gasteiger partial charge on any atom is 0.247 e. The summed E-state index contributed by atoms with van der Waals surface area (Å²) in [6.07, 6.45) is 5.87. The van der Waals surface area contributed by atoms with Gasteiger partial charge in [-0.25, -0.2) is 23.4 Å². The van der Waals surface area contributed by atoms with Crippen molar-refractivity contribution in [2.24, 2.45) is 0 Å². The molecule has 0 aliphatic rings. The first-order valence-corrected chi connectivity index (χ1v) is 8.70. The molecule has 21 heavy (non-hydrogen) atoms. The fourth-order valence-corrected chi connectivity index (χ4v) is 2.83. The number of thiazole rings is 1. The number of pyridine rings is 1. The molecule has 0 N–H and O–H groups in total. The van der Waals surface area contributed by atoms with Crippen LogP contribution in [0.5, 0.6) is 0 Å². The molecule has 106 valence electrons. The van der Waals surface area contributed by atoms with E-state index in [4.69, 9.17) is 0 Å². The Morgan fingerprint density at radius 2 is 1.86 bits per heavy atom.